The number of likely N-dealkylation sites (N-methyl/N-ethyl adjacent to an activating group) is 1. The minimum atomic E-state index is 0.297. The minimum Gasteiger partial charge on any atom is -0.314 e. The van der Waals surface area contributed by atoms with Crippen LogP contribution in [0.4, 0.5) is 0 Å². The van der Waals surface area contributed by atoms with E-state index in [1.807, 2.05) is 24.3 Å². The highest BCUT2D eigenvalue weighted by atomic mass is 79.9. The Kier molecular flexibility index (Phi) is 6.56. The summed E-state index contributed by atoms with van der Waals surface area (Å²) in [5, 5.41) is 4.99. The highest BCUT2D eigenvalue weighted by molar-refractivity contribution is 9.10. The lowest BCUT2D eigenvalue weighted by Gasteiger charge is -2.20. The van der Waals surface area contributed by atoms with Gasteiger partial charge in [0.05, 0.1) is 0 Å². The maximum atomic E-state index is 6.29. The number of halogens is 3. The highest BCUT2D eigenvalue weighted by Gasteiger charge is 2.15. The highest BCUT2D eigenvalue weighted by Crippen LogP contribution is 2.27. The lowest BCUT2D eigenvalue weighted by molar-refractivity contribution is 0.521. The smallest absolute Gasteiger partial charge is 0.0453 e. The summed E-state index contributed by atoms with van der Waals surface area (Å²) in [6, 6.07) is 14.3. The Morgan fingerprint density at radius 1 is 1.00 bits per heavy atom. The fraction of sp³-hybridized carbons (Fsp3) is 0.294. The molecular weight excluding hydrogens is 369 g/mol. The predicted molar refractivity (Wildman–Crippen MR) is 95.5 cm³/mol. The molecular formula is C17H18BrCl2N. The maximum Gasteiger partial charge on any atom is 0.0453 e. The third kappa shape index (κ3) is 4.72. The summed E-state index contributed by atoms with van der Waals surface area (Å²) in [4.78, 5) is 0. The van der Waals surface area contributed by atoms with E-state index in [-0.39, 0.29) is 0 Å². The van der Waals surface area contributed by atoms with Gasteiger partial charge >= 0.3 is 0 Å². The molecule has 0 saturated heterocycles. The molecule has 0 saturated carbocycles. The first kappa shape index (κ1) is 16.8. The molecule has 0 aliphatic carbocycles. The number of benzene rings is 2. The zero-order chi connectivity index (χ0) is 15.2. The maximum absolute atomic E-state index is 6.29. The first-order valence-corrected chi connectivity index (χ1v) is 8.56. The molecule has 21 heavy (non-hydrogen) atoms. The largest absolute Gasteiger partial charge is 0.314 e. The zero-order valence-electron chi connectivity index (χ0n) is 11.9. The molecule has 2 rings (SSSR count). The van der Waals surface area contributed by atoms with Gasteiger partial charge in [-0.25, -0.2) is 0 Å². The van der Waals surface area contributed by atoms with Crippen LogP contribution < -0.4 is 5.32 Å². The summed E-state index contributed by atoms with van der Waals surface area (Å²) in [6.07, 6.45) is 1.74. The molecule has 0 fully saturated rings. The van der Waals surface area contributed by atoms with Gasteiger partial charge in [-0.3, -0.25) is 0 Å². The normalized spacial score (nSPS) is 12.4. The fourth-order valence-electron chi connectivity index (χ4n) is 2.41. The summed E-state index contributed by atoms with van der Waals surface area (Å²) in [6.45, 7) is 3.03. The van der Waals surface area contributed by atoms with E-state index in [4.69, 9.17) is 23.2 Å². The molecule has 1 nitrogen and oxygen atoms in total. The molecule has 0 aliphatic rings. The van der Waals surface area contributed by atoms with Crippen molar-refractivity contribution in [2.45, 2.75) is 25.8 Å². The van der Waals surface area contributed by atoms with Gasteiger partial charge in [0.2, 0.25) is 0 Å². The van der Waals surface area contributed by atoms with Crippen LogP contribution in [0.25, 0.3) is 0 Å². The predicted octanol–water partition coefficient (Wildman–Crippen LogP) is 5.52. The van der Waals surface area contributed by atoms with Crippen LogP contribution in [-0.4, -0.2) is 12.6 Å². The van der Waals surface area contributed by atoms with Crippen LogP contribution in [0.2, 0.25) is 10.0 Å². The molecule has 0 aliphatic heterocycles. The van der Waals surface area contributed by atoms with Crippen molar-refractivity contribution in [2.75, 3.05) is 6.54 Å². The van der Waals surface area contributed by atoms with E-state index >= 15 is 0 Å². The molecule has 1 unspecified atom stereocenters. The van der Waals surface area contributed by atoms with Gasteiger partial charge in [-0.05, 0) is 48.7 Å². The Balaban J connectivity index is 2.18. The Bertz CT molecular complexity index is 581. The van der Waals surface area contributed by atoms with Gasteiger partial charge in [0.1, 0.15) is 0 Å². The summed E-state index contributed by atoms with van der Waals surface area (Å²) >= 11 is 16.2. The fourth-order valence-corrected chi connectivity index (χ4v) is 3.41. The van der Waals surface area contributed by atoms with Gasteiger partial charge < -0.3 is 5.32 Å². The standard InChI is InChI=1S/C17H18BrCl2N/c1-2-21-13(10-12-6-3-4-7-15(12)18)11-14-16(19)8-5-9-17(14)20/h3-9,13,21H,2,10-11H2,1H3. The third-order valence-corrected chi connectivity index (χ3v) is 4.91. The molecule has 112 valence electrons. The van der Waals surface area contributed by atoms with Gasteiger partial charge in [-0.2, -0.15) is 0 Å². The molecule has 1 N–H and O–H groups in total. The SMILES string of the molecule is CCNC(Cc1ccccc1Br)Cc1c(Cl)cccc1Cl. The van der Waals surface area contributed by atoms with Gasteiger partial charge in [0.25, 0.3) is 0 Å². The van der Waals surface area contributed by atoms with Crippen LogP contribution in [0, 0.1) is 0 Å². The zero-order valence-corrected chi connectivity index (χ0v) is 15.0. The van der Waals surface area contributed by atoms with E-state index < -0.39 is 0 Å². The van der Waals surface area contributed by atoms with E-state index in [1.54, 1.807) is 0 Å². The summed E-state index contributed by atoms with van der Waals surface area (Å²) in [5.41, 5.74) is 2.30. The van der Waals surface area contributed by atoms with Crippen molar-refractivity contribution in [1.82, 2.24) is 5.32 Å². The van der Waals surface area contributed by atoms with Crippen molar-refractivity contribution in [2.24, 2.45) is 0 Å². The van der Waals surface area contributed by atoms with Crippen LogP contribution in [0.1, 0.15) is 18.1 Å². The molecule has 0 heterocycles. The molecule has 0 amide bonds. The first-order valence-electron chi connectivity index (χ1n) is 7.01. The molecule has 4 heteroatoms. The van der Waals surface area contributed by atoms with E-state index in [1.165, 1.54) is 5.56 Å². The summed E-state index contributed by atoms with van der Waals surface area (Å²) in [7, 11) is 0. The third-order valence-electron chi connectivity index (χ3n) is 3.43. The number of hydrogen-bond donors (Lipinski definition) is 1. The monoisotopic (exact) mass is 385 g/mol. The average molecular weight is 387 g/mol. The Labute approximate surface area is 144 Å². The molecule has 2 aromatic rings. The van der Waals surface area contributed by atoms with Crippen LogP contribution in [-0.2, 0) is 12.8 Å². The summed E-state index contributed by atoms with van der Waals surface area (Å²) < 4.78 is 1.14. The second kappa shape index (κ2) is 8.19. The van der Waals surface area contributed by atoms with Gasteiger partial charge in [0, 0.05) is 20.6 Å². The lowest BCUT2D eigenvalue weighted by Crippen LogP contribution is -2.33. The quantitative estimate of drug-likeness (QED) is 0.689. The molecule has 0 bridgehead atoms. The number of rotatable bonds is 6. The second-order valence-corrected chi connectivity index (χ2v) is 6.62. The van der Waals surface area contributed by atoms with Crippen LogP contribution in [0.3, 0.4) is 0 Å². The van der Waals surface area contributed by atoms with Crippen molar-refractivity contribution in [1.29, 1.82) is 0 Å². The Morgan fingerprint density at radius 2 is 1.67 bits per heavy atom. The number of nitrogens with one attached hydrogen (secondary N) is 1. The Hall–Kier alpha value is -0.540. The molecule has 1 atom stereocenters. The minimum absolute atomic E-state index is 0.297. The number of hydrogen-bond acceptors (Lipinski definition) is 1. The first-order chi connectivity index (χ1) is 10.1. The van der Waals surface area contributed by atoms with E-state index in [2.05, 4.69) is 46.4 Å². The van der Waals surface area contributed by atoms with Crippen LogP contribution in [0.5, 0.6) is 0 Å². The van der Waals surface area contributed by atoms with Gasteiger partial charge in [0.15, 0.2) is 0 Å². The molecule has 0 spiro atoms. The average Bonchev–Trinajstić information content (AvgIpc) is 2.45. The lowest BCUT2D eigenvalue weighted by atomic mass is 9.99. The van der Waals surface area contributed by atoms with E-state index in [0.717, 1.165) is 39.5 Å². The van der Waals surface area contributed by atoms with Crippen molar-refractivity contribution in [3.05, 3.63) is 68.1 Å². The van der Waals surface area contributed by atoms with Crippen LogP contribution >= 0.6 is 39.1 Å². The van der Waals surface area contributed by atoms with Gasteiger partial charge in [-0.15, -0.1) is 0 Å². The molecule has 0 aromatic heterocycles. The van der Waals surface area contributed by atoms with Crippen molar-refractivity contribution >= 4 is 39.1 Å². The molecule has 0 radical (unpaired) electrons. The summed E-state index contributed by atoms with van der Waals surface area (Å²) in [5.74, 6) is 0. The van der Waals surface area contributed by atoms with E-state index in [0.29, 0.717) is 6.04 Å². The van der Waals surface area contributed by atoms with Crippen molar-refractivity contribution in [3.63, 3.8) is 0 Å². The van der Waals surface area contributed by atoms with Gasteiger partial charge in [-0.1, -0.05) is 70.3 Å². The van der Waals surface area contributed by atoms with Crippen molar-refractivity contribution in [3.8, 4) is 0 Å². The second-order valence-electron chi connectivity index (χ2n) is 4.95. The van der Waals surface area contributed by atoms with E-state index in [9.17, 15) is 0 Å². The molecule has 2 aromatic carbocycles. The van der Waals surface area contributed by atoms with Crippen molar-refractivity contribution < 1.29 is 0 Å². The Morgan fingerprint density at radius 3 is 2.29 bits per heavy atom. The van der Waals surface area contributed by atoms with Crippen LogP contribution in [0.15, 0.2) is 46.9 Å². The topological polar surface area (TPSA) is 12.0 Å².